The Hall–Kier alpha value is -2.32. The normalized spacial score (nSPS) is 20.0. The van der Waals surface area contributed by atoms with Crippen LogP contribution in [0.25, 0.3) is 0 Å². The van der Waals surface area contributed by atoms with Crippen molar-refractivity contribution >= 4 is 23.2 Å². The summed E-state index contributed by atoms with van der Waals surface area (Å²) in [4.78, 5) is 35.2. The van der Waals surface area contributed by atoms with E-state index in [0.717, 1.165) is 10.6 Å². The second kappa shape index (κ2) is 8.86. The van der Waals surface area contributed by atoms with Crippen LogP contribution in [0.2, 0.25) is 0 Å². The average Bonchev–Trinajstić information content (AvgIpc) is 3.26. The second-order valence-corrected chi connectivity index (χ2v) is 7.28. The number of hydrogen-bond donors (Lipinski definition) is 2. The van der Waals surface area contributed by atoms with Gasteiger partial charge in [0.2, 0.25) is 11.8 Å². The summed E-state index contributed by atoms with van der Waals surface area (Å²) in [6.45, 7) is 3.76. The van der Waals surface area contributed by atoms with Crippen LogP contribution in [-0.2, 0) is 22.6 Å². The Bertz CT molecular complexity index is 722. The third-order valence-electron chi connectivity index (χ3n) is 4.33. The molecule has 0 aliphatic carbocycles. The molecule has 2 amide bonds. The largest absolute Gasteiger partial charge is 0.355 e. The van der Waals surface area contributed by atoms with Gasteiger partial charge < -0.3 is 10.6 Å². The number of nitrogens with zero attached hydrogens (tertiary/aromatic N) is 3. The zero-order valence-electron chi connectivity index (χ0n) is 14.7. The molecule has 0 saturated carbocycles. The summed E-state index contributed by atoms with van der Waals surface area (Å²) in [5.74, 6) is -0.0400. The van der Waals surface area contributed by atoms with Crippen LogP contribution in [0.4, 0.5) is 0 Å². The van der Waals surface area contributed by atoms with Gasteiger partial charge >= 0.3 is 0 Å². The van der Waals surface area contributed by atoms with Crippen molar-refractivity contribution in [2.75, 3.05) is 13.1 Å². The summed E-state index contributed by atoms with van der Waals surface area (Å²) in [5, 5.41) is 8.85. The molecule has 3 rings (SSSR count). The molecule has 1 aliphatic heterocycles. The predicted octanol–water partition coefficient (Wildman–Crippen LogP) is 0.976. The lowest BCUT2D eigenvalue weighted by molar-refractivity contribution is -0.125. The van der Waals surface area contributed by atoms with E-state index in [1.54, 1.807) is 29.9 Å². The maximum Gasteiger partial charge on any atom is 0.237 e. The van der Waals surface area contributed by atoms with Gasteiger partial charge in [0.25, 0.3) is 0 Å². The first kappa shape index (κ1) is 18.5. The molecule has 1 fully saturated rings. The third kappa shape index (κ3) is 4.86. The molecule has 0 radical (unpaired) electrons. The molecule has 0 aromatic carbocycles. The molecule has 3 heterocycles. The van der Waals surface area contributed by atoms with E-state index < -0.39 is 0 Å². The lowest BCUT2D eigenvalue weighted by Gasteiger charge is -2.22. The van der Waals surface area contributed by atoms with Gasteiger partial charge in [0.15, 0.2) is 0 Å². The first-order valence-corrected chi connectivity index (χ1v) is 9.62. The number of nitrogens with one attached hydrogen (secondary N) is 2. The predicted molar refractivity (Wildman–Crippen MR) is 99.5 cm³/mol. The van der Waals surface area contributed by atoms with E-state index in [2.05, 4.69) is 25.5 Å². The number of carbonyl (C=O) groups excluding carboxylic acids is 2. The third-order valence-corrected chi connectivity index (χ3v) is 5.10. The van der Waals surface area contributed by atoms with Gasteiger partial charge in [-0.2, -0.15) is 0 Å². The Morgan fingerprint density at radius 1 is 1.38 bits per heavy atom. The molecule has 2 N–H and O–H groups in total. The minimum atomic E-state index is -0.248. The molecule has 2 aromatic rings. The smallest absolute Gasteiger partial charge is 0.237 e. The van der Waals surface area contributed by atoms with E-state index >= 15 is 0 Å². The molecule has 1 aliphatic rings. The van der Waals surface area contributed by atoms with Crippen LogP contribution in [-0.4, -0.2) is 51.9 Å². The molecule has 0 spiro atoms. The van der Waals surface area contributed by atoms with Crippen LogP contribution in [0.15, 0.2) is 36.1 Å². The number of likely N-dealkylation sites (tertiary alicyclic amines) is 1. The van der Waals surface area contributed by atoms with E-state index in [4.69, 9.17) is 0 Å². The number of rotatable bonds is 7. The Morgan fingerprint density at radius 3 is 2.96 bits per heavy atom. The molecular formula is C18H23N5O2S. The molecule has 7 nitrogen and oxygen atoms in total. The summed E-state index contributed by atoms with van der Waals surface area (Å²) in [6.07, 6.45) is 6.05. The molecule has 2 atom stereocenters. The standard InChI is InChI=1S/C18H23N5O2S/c1-2-20-18(25)15-9-14(11-23(15)12-17-21-6-7-26-17)22-16(24)8-13-4-3-5-19-10-13/h3-7,10,14-15H,2,8-9,11-12H2,1H3,(H,20,25)(H,22,24)/t14-,15-/m0/s1. The average molecular weight is 373 g/mol. The monoisotopic (exact) mass is 373 g/mol. The molecular weight excluding hydrogens is 350 g/mol. The summed E-state index contributed by atoms with van der Waals surface area (Å²) in [5.41, 5.74) is 0.878. The molecule has 138 valence electrons. The molecule has 0 unspecified atom stereocenters. The van der Waals surface area contributed by atoms with Crippen molar-refractivity contribution in [3.8, 4) is 0 Å². The van der Waals surface area contributed by atoms with Gasteiger partial charge in [-0.15, -0.1) is 11.3 Å². The molecule has 1 saturated heterocycles. The highest BCUT2D eigenvalue weighted by molar-refractivity contribution is 7.09. The SMILES string of the molecule is CCNC(=O)[C@@H]1C[C@H](NC(=O)Cc2cccnc2)CN1Cc1nccs1. The van der Waals surface area contributed by atoms with Crippen LogP contribution >= 0.6 is 11.3 Å². The van der Waals surface area contributed by atoms with E-state index in [1.807, 2.05) is 24.4 Å². The number of carbonyl (C=O) groups is 2. The topological polar surface area (TPSA) is 87.2 Å². The fourth-order valence-electron chi connectivity index (χ4n) is 3.22. The number of thiazole rings is 1. The zero-order valence-corrected chi connectivity index (χ0v) is 15.5. The van der Waals surface area contributed by atoms with Crippen LogP contribution in [0.5, 0.6) is 0 Å². The number of amides is 2. The summed E-state index contributed by atoms with van der Waals surface area (Å²) in [6, 6.07) is 3.40. The van der Waals surface area contributed by atoms with E-state index in [-0.39, 0.29) is 23.9 Å². The first-order valence-electron chi connectivity index (χ1n) is 8.74. The van der Waals surface area contributed by atoms with Crippen molar-refractivity contribution in [3.05, 3.63) is 46.7 Å². The quantitative estimate of drug-likeness (QED) is 0.755. The van der Waals surface area contributed by atoms with E-state index in [1.165, 1.54) is 0 Å². The summed E-state index contributed by atoms with van der Waals surface area (Å²) in [7, 11) is 0. The highest BCUT2D eigenvalue weighted by atomic mass is 32.1. The Morgan fingerprint density at radius 2 is 2.27 bits per heavy atom. The zero-order chi connectivity index (χ0) is 18.4. The molecule has 0 bridgehead atoms. The minimum Gasteiger partial charge on any atom is -0.355 e. The van der Waals surface area contributed by atoms with Gasteiger partial charge in [-0.05, 0) is 25.0 Å². The van der Waals surface area contributed by atoms with Gasteiger partial charge in [-0.3, -0.25) is 19.5 Å². The van der Waals surface area contributed by atoms with Crippen molar-refractivity contribution in [1.29, 1.82) is 0 Å². The number of likely N-dealkylation sites (N-methyl/N-ethyl adjacent to an activating group) is 1. The minimum absolute atomic E-state index is 0.00747. The molecule has 2 aromatic heterocycles. The van der Waals surface area contributed by atoms with Crippen molar-refractivity contribution < 1.29 is 9.59 Å². The van der Waals surface area contributed by atoms with Crippen molar-refractivity contribution in [3.63, 3.8) is 0 Å². The van der Waals surface area contributed by atoms with Gasteiger partial charge in [0, 0.05) is 43.1 Å². The highest BCUT2D eigenvalue weighted by Crippen LogP contribution is 2.22. The molecule has 8 heteroatoms. The van der Waals surface area contributed by atoms with Crippen LogP contribution in [0, 0.1) is 0 Å². The number of aromatic nitrogens is 2. The lowest BCUT2D eigenvalue weighted by Crippen LogP contribution is -2.42. The Balaban J connectivity index is 1.61. The first-order chi connectivity index (χ1) is 12.7. The lowest BCUT2D eigenvalue weighted by atomic mass is 10.1. The summed E-state index contributed by atoms with van der Waals surface area (Å²) >= 11 is 1.58. The van der Waals surface area contributed by atoms with Crippen molar-refractivity contribution in [2.24, 2.45) is 0 Å². The van der Waals surface area contributed by atoms with E-state index in [9.17, 15) is 9.59 Å². The number of hydrogen-bond acceptors (Lipinski definition) is 6. The molecule has 26 heavy (non-hydrogen) atoms. The Kier molecular flexibility index (Phi) is 6.30. The van der Waals surface area contributed by atoms with Crippen molar-refractivity contribution in [2.45, 2.75) is 38.4 Å². The van der Waals surface area contributed by atoms with Crippen LogP contribution < -0.4 is 10.6 Å². The van der Waals surface area contributed by atoms with Crippen LogP contribution in [0.1, 0.15) is 23.9 Å². The van der Waals surface area contributed by atoms with Crippen LogP contribution in [0.3, 0.4) is 0 Å². The van der Waals surface area contributed by atoms with Crippen molar-refractivity contribution in [1.82, 2.24) is 25.5 Å². The second-order valence-electron chi connectivity index (χ2n) is 6.30. The van der Waals surface area contributed by atoms with Gasteiger partial charge in [0.05, 0.1) is 19.0 Å². The fraction of sp³-hybridized carbons (Fsp3) is 0.444. The van der Waals surface area contributed by atoms with E-state index in [0.29, 0.717) is 32.5 Å². The fourth-order valence-corrected chi connectivity index (χ4v) is 3.86. The summed E-state index contributed by atoms with van der Waals surface area (Å²) < 4.78 is 0. The van der Waals surface area contributed by atoms with Gasteiger partial charge in [0.1, 0.15) is 5.01 Å². The van der Waals surface area contributed by atoms with Gasteiger partial charge in [-0.1, -0.05) is 6.07 Å². The van der Waals surface area contributed by atoms with Gasteiger partial charge in [-0.25, -0.2) is 4.98 Å². The maximum atomic E-state index is 12.4. The maximum absolute atomic E-state index is 12.4. The number of pyridine rings is 1. The highest BCUT2D eigenvalue weighted by Gasteiger charge is 2.37. The Labute approximate surface area is 156 Å².